The van der Waals surface area contributed by atoms with Gasteiger partial charge in [0.2, 0.25) is 0 Å². The number of carbonyl (C=O) groups is 1. The van der Waals surface area contributed by atoms with Crippen LogP contribution in [0.15, 0.2) is 24.3 Å². The van der Waals surface area contributed by atoms with Crippen molar-refractivity contribution in [1.29, 1.82) is 0 Å². The lowest BCUT2D eigenvalue weighted by molar-refractivity contribution is 0.195. The van der Waals surface area contributed by atoms with E-state index in [2.05, 4.69) is 53.3 Å². The topological polar surface area (TPSA) is 61.4 Å². The van der Waals surface area contributed by atoms with Gasteiger partial charge in [0, 0.05) is 50.4 Å². The summed E-state index contributed by atoms with van der Waals surface area (Å²) < 4.78 is 0. The van der Waals surface area contributed by atoms with Crippen LogP contribution >= 0.6 is 0 Å². The van der Waals surface area contributed by atoms with E-state index >= 15 is 0 Å². The van der Waals surface area contributed by atoms with Gasteiger partial charge in [0.1, 0.15) is 11.6 Å². The highest BCUT2D eigenvalue weighted by molar-refractivity contribution is 5.74. The van der Waals surface area contributed by atoms with E-state index in [1.165, 1.54) is 16.7 Å². The van der Waals surface area contributed by atoms with Crippen LogP contribution in [0.3, 0.4) is 0 Å². The molecule has 2 amide bonds. The van der Waals surface area contributed by atoms with Crippen LogP contribution < -0.4 is 10.2 Å². The van der Waals surface area contributed by atoms with Crippen molar-refractivity contribution >= 4 is 11.8 Å². The van der Waals surface area contributed by atoms with Crippen LogP contribution in [0.25, 0.3) is 0 Å². The van der Waals surface area contributed by atoms with Gasteiger partial charge in [-0.25, -0.2) is 14.8 Å². The molecule has 1 aliphatic rings. The van der Waals surface area contributed by atoms with Gasteiger partial charge >= 0.3 is 6.03 Å². The molecule has 0 saturated carbocycles. The third kappa shape index (κ3) is 4.56. The summed E-state index contributed by atoms with van der Waals surface area (Å²) in [4.78, 5) is 25.6. The Bertz CT molecular complexity index is 795. The Hall–Kier alpha value is -2.63. The summed E-state index contributed by atoms with van der Waals surface area (Å²) in [5.41, 5.74) is 4.73. The summed E-state index contributed by atoms with van der Waals surface area (Å²) in [5.74, 6) is 1.80. The van der Waals surface area contributed by atoms with Crippen LogP contribution in [-0.2, 0) is 6.42 Å². The number of aryl methyl sites for hydroxylation is 3. The Balaban J connectivity index is 1.81. The lowest BCUT2D eigenvalue weighted by Gasteiger charge is -2.36. The first-order chi connectivity index (χ1) is 13.0. The van der Waals surface area contributed by atoms with Crippen LogP contribution in [0.4, 0.5) is 10.6 Å². The molecule has 144 valence electrons. The van der Waals surface area contributed by atoms with Gasteiger partial charge in [-0.05, 0) is 33.3 Å². The van der Waals surface area contributed by atoms with Crippen molar-refractivity contribution < 1.29 is 4.79 Å². The average molecular weight is 367 g/mol. The number of amides is 2. The van der Waals surface area contributed by atoms with Gasteiger partial charge in [-0.1, -0.05) is 29.8 Å². The first kappa shape index (κ1) is 19.1. The molecule has 0 spiro atoms. The number of anilines is 1. The second kappa shape index (κ2) is 8.37. The molecule has 3 rings (SSSR count). The van der Waals surface area contributed by atoms with Gasteiger partial charge in [0.15, 0.2) is 0 Å². The van der Waals surface area contributed by atoms with Gasteiger partial charge in [-0.3, -0.25) is 0 Å². The molecule has 1 saturated heterocycles. The van der Waals surface area contributed by atoms with E-state index in [0.717, 1.165) is 36.8 Å². The van der Waals surface area contributed by atoms with Crippen molar-refractivity contribution in [3.63, 3.8) is 0 Å². The Labute approximate surface area is 161 Å². The van der Waals surface area contributed by atoms with Crippen molar-refractivity contribution in [2.24, 2.45) is 0 Å². The predicted molar refractivity (Wildman–Crippen MR) is 108 cm³/mol. The summed E-state index contributed by atoms with van der Waals surface area (Å²) in [5, 5.41) is 2.88. The minimum absolute atomic E-state index is 0.0204. The molecule has 0 unspecified atom stereocenters. The molecule has 0 radical (unpaired) electrons. The van der Waals surface area contributed by atoms with E-state index in [9.17, 15) is 4.79 Å². The van der Waals surface area contributed by atoms with Crippen molar-refractivity contribution in [3.8, 4) is 0 Å². The fraction of sp³-hybridized carbons (Fsp3) is 0.476. The minimum Gasteiger partial charge on any atom is -0.353 e. The summed E-state index contributed by atoms with van der Waals surface area (Å²) in [6.07, 6.45) is 0.818. The van der Waals surface area contributed by atoms with E-state index in [1.807, 2.05) is 18.7 Å². The molecule has 1 fully saturated rings. The zero-order valence-electron chi connectivity index (χ0n) is 16.7. The molecular formula is C21H29N5O. The van der Waals surface area contributed by atoms with E-state index in [0.29, 0.717) is 19.6 Å². The molecule has 1 N–H and O–H groups in total. The number of benzene rings is 1. The number of nitrogens with zero attached hydrogens (tertiary/aromatic N) is 4. The van der Waals surface area contributed by atoms with Crippen LogP contribution in [0.1, 0.15) is 35.1 Å². The maximum absolute atomic E-state index is 12.1. The fourth-order valence-corrected chi connectivity index (χ4v) is 3.48. The zero-order valence-corrected chi connectivity index (χ0v) is 16.7. The Morgan fingerprint density at radius 2 is 1.70 bits per heavy atom. The third-order valence-corrected chi connectivity index (χ3v) is 5.00. The third-order valence-electron chi connectivity index (χ3n) is 5.00. The van der Waals surface area contributed by atoms with Crippen LogP contribution in [0, 0.1) is 20.8 Å². The average Bonchev–Trinajstić information content (AvgIpc) is 2.65. The normalized spacial score (nSPS) is 14.4. The molecule has 27 heavy (non-hydrogen) atoms. The lowest BCUT2D eigenvalue weighted by Crippen LogP contribution is -2.52. The molecule has 1 aliphatic heterocycles. The Morgan fingerprint density at radius 1 is 1.04 bits per heavy atom. The van der Waals surface area contributed by atoms with E-state index in [4.69, 9.17) is 4.98 Å². The lowest BCUT2D eigenvalue weighted by atomic mass is 10.0. The molecule has 0 aliphatic carbocycles. The van der Waals surface area contributed by atoms with Crippen LogP contribution in [0.2, 0.25) is 0 Å². The molecular weight excluding hydrogens is 338 g/mol. The SMILES string of the molecule is CCNC(=O)N1CCN(c2nc(C)nc(C)c2Cc2ccc(C)cc2)CC1. The van der Waals surface area contributed by atoms with E-state index in [1.54, 1.807) is 0 Å². The van der Waals surface area contributed by atoms with Crippen molar-refractivity contribution in [1.82, 2.24) is 20.2 Å². The number of hydrogen-bond acceptors (Lipinski definition) is 4. The smallest absolute Gasteiger partial charge is 0.317 e. The number of urea groups is 1. The highest BCUT2D eigenvalue weighted by atomic mass is 16.2. The Kier molecular flexibility index (Phi) is 5.94. The summed E-state index contributed by atoms with van der Waals surface area (Å²) >= 11 is 0. The van der Waals surface area contributed by atoms with Crippen LogP contribution in [-0.4, -0.2) is 53.6 Å². The largest absolute Gasteiger partial charge is 0.353 e. The number of rotatable bonds is 4. The molecule has 2 aromatic rings. The van der Waals surface area contributed by atoms with Crippen molar-refractivity contribution in [2.45, 2.75) is 34.1 Å². The molecule has 2 heterocycles. The highest BCUT2D eigenvalue weighted by Crippen LogP contribution is 2.25. The second-order valence-electron chi connectivity index (χ2n) is 7.13. The minimum atomic E-state index is 0.0204. The quantitative estimate of drug-likeness (QED) is 0.903. The molecule has 0 bridgehead atoms. The van der Waals surface area contributed by atoms with Crippen LogP contribution in [0.5, 0.6) is 0 Å². The maximum atomic E-state index is 12.1. The number of aromatic nitrogens is 2. The summed E-state index contributed by atoms with van der Waals surface area (Å²) in [6, 6.07) is 8.65. The first-order valence-corrected chi connectivity index (χ1v) is 9.65. The van der Waals surface area contributed by atoms with E-state index in [-0.39, 0.29) is 6.03 Å². The molecule has 1 aromatic carbocycles. The monoisotopic (exact) mass is 367 g/mol. The number of piperazine rings is 1. The first-order valence-electron chi connectivity index (χ1n) is 9.65. The van der Waals surface area contributed by atoms with Gasteiger partial charge in [-0.15, -0.1) is 0 Å². The standard InChI is InChI=1S/C21H29N5O/c1-5-22-21(27)26-12-10-25(11-13-26)20-19(16(3)23-17(4)24-20)14-18-8-6-15(2)7-9-18/h6-9H,5,10-14H2,1-4H3,(H,22,27). The van der Waals surface area contributed by atoms with Crippen molar-refractivity contribution in [3.05, 3.63) is 52.5 Å². The van der Waals surface area contributed by atoms with Crippen molar-refractivity contribution in [2.75, 3.05) is 37.6 Å². The number of nitrogens with one attached hydrogen (secondary N) is 1. The number of carbonyl (C=O) groups excluding carboxylic acids is 1. The zero-order chi connectivity index (χ0) is 19.4. The molecule has 0 atom stereocenters. The van der Waals surface area contributed by atoms with Gasteiger partial charge in [-0.2, -0.15) is 0 Å². The molecule has 6 heteroatoms. The Morgan fingerprint density at radius 3 is 2.33 bits per heavy atom. The molecule has 6 nitrogen and oxygen atoms in total. The number of hydrogen-bond donors (Lipinski definition) is 1. The summed E-state index contributed by atoms with van der Waals surface area (Å²) in [6.45, 7) is 11.7. The predicted octanol–water partition coefficient (Wildman–Crippen LogP) is 2.84. The van der Waals surface area contributed by atoms with Gasteiger partial charge < -0.3 is 15.1 Å². The van der Waals surface area contributed by atoms with Gasteiger partial charge in [0.25, 0.3) is 0 Å². The van der Waals surface area contributed by atoms with E-state index < -0.39 is 0 Å². The summed E-state index contributed by atoms with van der Waals surface area (Å²) in [7, 11) is 0. The maximum Gasteiger partial charge on any atom is 0.317 e. The second-order valence-corrected chi connectivity index (χ2v) is 7.13. The highest BCUT2D eigenvalue weighted by Gasteiger charge is 2.24. The fourth-order valence-electron chi connectivity index (χ4n) is 3.48. The van der Waals surface area contributed by atoms with Gasteiger partial charge in [0.05, 0.1) is 0 Å². The molecule has 1 aromatic heterocycles.